The number of H-pyrrole nitrogens is 1. The number of aromatic amines is 1. The summed E-state index contributed by atoms with van der Waals surface area (Å²) in [6, 6.07) is 9.14. The predicted molar refractivity (Wildman–Crippen MR) is 86.1 cm³/mol. The molecule has 0 aliphatic heterocycles. The van der Waals surface area contributed by atoms with Gasteiger partial charge in [0.1, 0.15) is 11.6 Å². The van der Waals surface area contributed by atoms with Crippen molar-refractivity contribution >= 4 is 22.4 Å². The van der Waals surface area contributed by atoms with Gasteiger partial charge in [-0.2, -0.15) is 0 Å². The number of aryl methyl sites for hydroxylation is 1. The molecule has 7 heteroatoms. The van der Waals surface area contributed by atoms with Crippen LogP contribution in [0, 0.1) is 22.9 Å². The van der Waals surface area contributed by atoms with Gasteiger partial charge >= 0.3 is 0 Å². The van der Waals surface area contributed by atoms with Crippen molar-refractivity contribution in [1.29, 1.82) is 0 Å². The second kappa shape index (κ2) is 6.04. The summed E-state index contributed by atoms with van der Waals surface area (Å²) >= 11 is 0. The zero-order chi connectivity index (χ0) is 16.4. The summed E-state index contributed by atoms with van der Waals surface area (Å²) < 4.78 is 13.1. The summed E-state index contributed by atoms with van der Waals surface area (Å²) in [4.78, 5) is 17.8. The SMILES string of the molecule is Cc1cc([N+](=O)[O-])ccc1NCCc1nc2ccc(F)cc2[nH]1. The normalized spacial score (nSPS) is 10.9. The molecule has 0 unspecified atom stereocenters. The molecule has 0 saturated carbocycles. The van der Waals surface area contributed by atoms with E-state index in [2.05, 4.69) is 15.3 Å². The first-order valence-corrected chi connectivity index (χ1v) is 7.16. The van der Waals surface area contributed by atoms with Crippen molar-refractivity contribution in [3.63, 3.8) is 0 Å². The monoisotopic (exact) mass is 314 g/mol. The first-order valence-electron chi connectivity index (χ1n) is 7.16. The number of rotatable bonds is 5. The van der Waals surface area contributed by atoms with Crippen molar-refractivity contribution in [2.75, 3.05) is 11.9 Å². The number of hydrogen-bond donors (Lipinski definition) is 2. The van der Waals surface area contributed by atoms with Crippen LogP contribution in [0.3, 0.4) is 0 Å². The average Bonchev–Trinajstić information content (AvgIpc) is 2.90. The first-order chi connectivity index (χ1) is 11.0. The minimum absolute atomic E-state index is 0.0763. The summed E-state index contributed by atoms with van der Waals surface area (Å²) in [6.07, 6.45) is 0.632. The van der Waals surface area contributed by atoms with Gasteiger partial charge in [-0.3, -0.25) is 10.1 Å². The maximum atomic E-state index is 13.1. The third-order valence-electron chi connectivity index (χ3n) is 3.59. The Labute approximate surface area is 131 Å². The second-order valence-electron chi connectivity index (χ2n) is 5.28. The highest BCUT2D eigenvalue weighted by molar-refractivity contribution is 5.74. The molecule has 2 N–H and O–H groups in total. The molecule has 0 spiro atoms. The van der Waals surface area contributed by atoms with E-state index < -0.39 is 4.92 Å². The van der Waals surface area contributed by atoms with Gasteiger partial charge in [-0.05, 0) is 36.8 Å². The van der Waals surface area contributed by atoms with Crippen LogP contribution in [0.15, 0.2) is 36.4 Å². The lowest BCUT2D eigenvalue weighted by Crippen LogP contribution is -2.07. The van der Waals surface area contributed by atoms with Crippen molar-refractivity contribution in [1.82, 2.24) is 9.97 Å². The number of imidazole rings is 1. The van der Waals surface area contributed by atoms with E-state index in [1.165, 1.54) is 24.3 Å². The Hall–Kier alpha value is -2.96. The van der Waals surface area contributed by atoms with Gasteiger partial charge in [-0.25, -0.2) is 9.37 Å². The average molecular weight is 314 g/mol. The van der Waals surface area contributed by atoms with Gasteiger partial charge in [0, 0.05) is 30.8 Å². The molecule has 3 aromatic rings. The fourth-order valence-electron chi connectivity index (χ4n) is 2.43. The summed E-state index contributed by atoms with van der Waals surface area (Å²) in [5, 5.41) is 13.9. The molecule has 0 radical (unpaired) electrons. The maximum Gasteiger partial charge on any atom is 0.269 e. The number of anilines is 1. The fourth-order valence-corrected chi connectivity index (χ4v) is 2.43. The van der Waals surface area contributed by atoms with E-state index in [4.69, 9.17) is 0 Å². The number of nitro groups is 1. The van der Waals surface area contributed by atoms with Crippen LogP contribution in [0.4, 0.5) is 15.8 Å². The van der Waals surface area contributed by atoms with Crippen LogP contribution in [0.2, 0.25) is 0 Å². The molecule has 0 fully saturated rings. The Kier molecular flexibility index (Phi) is 3.92. The molecule has 23 heavy (non-hydrogen) atoms. The van der Waals surface area contributed by atoms with E-state index in [1.54, 1.807) is 12.1 Å². The molecular formula is C16H15FN4O2. The number of benzene rings is 2. The lowest BCUT2D eigenvalue weighted by molar-refractivity contribution is -0.384. The van der Waals surface area contributed by atoms with Gasteiger partial charge in [0.05, 0.1) is 16.0 Å². The van der Waals surface area contributed by atoms with Crippen molar-refractivity contribution in [2.45, 2.75) is 13.3 Å². The number of nitrogens with one attached hydrogen (secondary N) is 2. The van der Waals surface area contributed by atoms with E-state index in [0.717, 1.165) is 22.6 Å². The van der Waals surface area contributed by atoms with Crippen LogP contribution in [-0.4, -0.2) is 21.4 Å². The number of nitrogens with zero attached hydrogens (tertiary/aromatic N) is 2. The summed E-state index contributed by atoms with van der Waals surface area (Å²) in [7, 11) is 0. The predicted octanol–water partition coefficient (Wildman–Crippen LogP) is 3.57. The second-order valence-corrected chi connectivity index (χ2v) is 5.28. The van der Waals surface area contributed by atoms with Crippen LogP contribution < -0.4 is 5.32 Å². The third-order valence-corrected chi connectivity index (χ3v) is 3.59. The Morgan fingerprint density at radius 1 is 1.30 bits per heavy atom. The topological polar surface area (TPSA) is 83.8 Å². The molecule has 1 aromatic heterocycles. The molecular weight excluding hydrogens is 299 g/mol. The molecule has 2 aromatic carbocycles. The zero-order valence-electron chi connectivity index (χ0n) is 12.5. The standard InChI is InChI=1S/C16H15FN4O2/c1-10-8-12(21(22)23)3-5-13(10)18-7-6-16-19-14-4-2-11(17)9-15(14)20-16/h2-5,8-9,18H,6-7H2,1H3,(H,19,20). The zero-order valence-corrected chi connectivity index (χ0v) is 12.5. The van der Waals surface area contributed by atoms with Crippen molar-refractivity contribution in [3.05, 3.63) is 63.7 Å². The van der Waals surface area contributed by atoms with E-state index in [0.29, 0.717) is 18.5 Å². The van der Waals surface area contributed by atoms with Crippen molar-refractivity contribution in [2.24, 2.45) is 0 Å². The molecule has 118 valence electrons. The van der Waals surface area contributed by atoms with Crippen LogP contribution in [0.5, 0.6) is 0 Å². The van der Waals surface area contributed by atoms with Crippen molar-refractivity contribution in [3.8, 4) is 0 Å². The first kappa shape index (κ1) is 15.0. The van der Waals surface area contributed by atoms with E-state index in [-0.39, 0.29) is 11.5 Å². The largest absolute Gasteiger partial charge is 0.384 e. The summed E-state index contributed by atoms with van der Waals surface area (Å²) in [5.41, 5.74) is 3.13. The highest BCUT2D eigenvalue weighted by atomic mass is 19.1. The van der Waals surface area contributed by atoms with Gasteiger partial charge in [0.25, 0.3) is 5.69 Å². The number of fused-ring (bicyclic) bond motifs is 1. The van der Waals surface area contributed by atoms with Gasteiger partial charge in [0.2, 0.25) is 0 Å². The van der Waals surface area contributed by atoms with Crippen LogP contribution >= 0.6 is 0 Å². The van der Waals surface area contributed by atoms with Gasteiger partial charge in [-0.15, -0.1) is 0 Å². The Bertz CT molecular complexity index is 876. The van der Waals surface area contributed by atoms with E-state index in [1.807, 2.05) is 6.92 Å². The molecule has 0 aliphatic carbocycles. The minimum Gasteiger partial charge on any atom is -0.384 e. The Morgan fingerprint density at radius 3 is 2.87 bits per heavy atom. The number of hydrogen-bond acceptors (Lipinski definition) is 4. The minimum atomic E-state index is -0.412. The molecule has 0 amide bonds. The molecule has 6 nitrogen and oxygen atoms in total. The maximum absolute atomic E-state index is 13.1. The highest BCUT2D eigenvalue weighted by Crippen LogP contribution is 2.21. The molecule has 0 atom stereocenters. The molecule has 1 heterocycles. The lowest BCUT2D eigenvalue weighted by atomic mass is 10.2. The number of halogens is 1. The van der Waals surface area contributed by atoms with Crippen LogP contribution in [0.25, 0.3) is 11.0 Å². The molecule has 0 aliphatic rings. The van der Waals surface area contributed by atoms with Gasteiger partial charge < -0.3 is 10.3 Å². The van der Waals surface area contributed by atoms with Crippen LogP contribution in [0.1, 0.15) is 11.4 Å². The lowest BCUT2D eigenvalue weighted by Gasteiger charge is -2.08. The fraction of sp³-hybridized carbons (Fsp3) is 0.188. The Morgan fingerprint density at radius 2 is 2.13 bits per heavy atom. The molecule has 0 saturated heterocycles. The Balaban J connectivity index is 1.65. The summed E-state index contributed by atoms with van der Waals surface area (Å²) in [5.74, 6) is 0.463. The van der Waals surface area contributed by atoms with Crippen molar-refractivity contribution < 1.29 is 9.31 Å². The van der Waals surface area contributed by atoms with E-state index >= 15 is 0 Å². The number of aromatic nitrogens is 2. The van der Waals surface area contributed by atoms with Crippen LogP contribution in [-0.2, 0) is 6.42 Å². The number of nitro benzene ring substituents is 1. The smallest absolute Gasteiger partial charge is 0.269 e. The molecule has 0 bridgehead atoms. The van der Waals surface area contributed by atoms with E-state index in [9.17, 15) is 14.5 Å². The number of non-ortho nitro benzene ring substituents is 1. The highest BCUT2D eigenvalue weighted by Gasteiger charge is 2.08. The van der Waals surface area contributed by atoms with Gasteiger partial charge in [0.15, 0.2) is 0 Å². The van der Waals surface area contributed by atoms with Gasteiger partial charge in [-0.1, -0.05) is 0 Å². The molecule has 3 rings (SSSR count). The quantitative estimate of drug-likeness (QED) is 0.557. The third kappa shape index (κ3) is 3.28. The summed E-state index contributed by atoms with van der Waals surface area (Å²) in [6.45, 7) is 2.43.